The molecule has 3 unspecified atom stereocenters. The topological polar surface area (TPSA) is 49.7 Å². The fraction of sp³-hybridized carbons (Fsp3) is 0.545. The summed E-state index contributed by atoms with van der Waals surface area (Å²) >= 11 is 0. The first-order valence-corrected chi connectivity index (χ1v) is 14.3. The standard InChI is InChI=1S/C33H40N2O2/c1-32-18-16-28-26(20-34-30-19-25(36)15-17-33(28,30)2)27(32)13-14-29(32)31(37)35(21-23-9-5-3-6-10-23)22-24-11-7-4-8-12-24/h3-12,26-29H,13-22H2,1-2H3/t26?,27?,28?,29-,32+,33-/m1/s1. The molecule has 4 aliphatic rings. The Morgan fingerprint density at radius 2 is 1.54 bits per heavy atom. The summed E-state index contributed by atoms with van der Waals surface area (Å²) < 4.78 is 0. The molecule has 1 heterocycles. The zero-order valence-corrected chi connectivity index (χ0v) is 22.4. The highest BCUT2D eigenvalue weighted by Crippen LogP contribution is 2.64. The van der Waals surface area contributed by atoms with Crippen LogP contribution in [0.25, 0.3) is 0 Å². The number of aliphatic imine (C=N–C) groups is 1. The number of nitrogens with zero attached hydrogens (tertiary/aromatic N) is 2. The first-order valence-electron chi connectivity index (χ1n) is 14.3. The molecule has 2 aromatic rings. The third kappa shape index (κ3) is 4.27. The summed E-state index contributed by atoms with van der Waals surface area (Å²) in [4.78, 5) is 33.7. The predicted molar refractivity (Wildman–Crippen MR) is 147 cm³/mol. The van der Waals surface area contributed by atoms with Crippen LogP contribution in [0.1, 0.15) is 69.9 Å². The number of rotatable bonds is 5. The van der Waals surface area contributed by atoms with Gasteiger partial charge in [-0.15, -0.1) is 0 Å². The van der Waals surface area contributed by atoms with E-state index in [1.165, 1.54) is 16.8 Å². The van der Waals surface area contributed by atoms with Crippen LogP contribution in [0.2, 0.25) is 0 Å². The van der Waals surface area contributed by atoms with Gasteiger partial charge in [0.15, 0.2) is 0 Å². The lowest BCUT2D eigenvalue weighted by Gasteiger charge is -2.56. The molecule has 194 valence electrons. The average Bonchev–Trinajstić information content (AvgIpc) is 3.27. The number of hydrogen-bond acceptors (Lipinski definition) is 3. The van der Waals surface area contributed by atoms with Gasteiger partial charge in [-0.1, -0.05) is 74.5 Å². The number of hydrogen-bond donors (Lipinski definition) is 0. The van der Waals surface area contributed by atoms with E-state index in [1.54, 1.807) is 0 Å². The molecule has 3 saturated carbocycles. The summed E-state index contributed by atoms with van der Waals surface area (Å²) in [6, 6.07) is 20.8. The fourth-order valence-electron chi connectivity index (χ4n) is 8.65. The molecule has 6 atom stereocenters. The SMILES string of the molecule is C[C@]12CCC(=O)CC1=NCC1C2CC[C@@]2(C)C1CC[C@@H]2C(=O)N(Cc1ccccc1)Cc1ccccc1. The normalized spacial score (nSPS) is 34.6. The molecule has 1 aliphatic heterocycles. The maximum absolute atomic E-state index is 14.4. The molecule has 3 fully saturated rings. The number of benzene rings is 2. The summed E-state index contributed by atoms with van der Waals surface area (Å²) in [5, 5.41) is 0. The first kappa shape index (κ1) is 24.6. The molecular formula is C33H40N2O2. The molecule has 4 heteroatoms. The Hall–Kier alpha value is -2.75. The van der Waals surface area contributed by atoms with E-state index in [2.05, 4.69) is 67.3 Å². The zero-order valence-electron chi connectivity index (χ0n) is 22.4. The minimum Gasteiger partial charge on any atom is -0.334 e. The van der Waals surface area contributed by atoms with Gasteiger partial charge in [0, 0.05) is 49.5 Å². The van der Waals surface area contributed by atoms with Gasteiger partial charge in [0.2, 0.25) is 5.91 Å². The molecule has 3 aliphatic carbocycles. The molecule has 1 amide bonds. The third-order valence-electron chi connectivity index (χ3n) is 10.7. The minimum absolute atomic E-state index is 0.0255. The van der Waals surface area contributed by atoms with E-state index in [1.807, 2.05) is 12.1 Å². The quantitative estimate of drug-likeness (QED) is 0.475. The van der Waals surface area contributed by atoms with Crippen LogP contribution in [0.15, 0.2) is 65.7 Å². The molecule has 37 heavy (non-hydrogen) atoms. The maximum atomic E-state index is 14.4. The van der Waals surface area contributed by atoms with Gasteiger partial charge in [-0.05, 0) is 66.4 Å². The number of carbonyl (C=O) groups is 2. The van der Waals surface area contributed by atoms with Gasteiger partial charge in [-0.25, -0.2) is 0 Å². The molecule has 2 aromatic carbocycles. The Labute approximate surface area is 221 Å². The highest BCUT2D eigenvalue weighted by Gasteiger charge is 2.60. The van der Waals surface area contributed by atoms with Gasteiger partial charge >= 0.3 is 0 Å². The summed E-state index contributed by atoms with van der Waals surface area (Å²) in [6.45, 7) is 6.95. The Morgan fingerprint density at radius 3 is 2.19 bits per heavy atom. The molecule has 4 nitrogen and oxygen atoms in total. The van der Waals surface area contributed by atoms with Gasteiger partial charge in [-0.3, -0.25) is 14.6 Å². The largest absolute Gasteiger partial charge is 0.334 e. The van der Waals surface area contributed by atoms with Gasteiger partial charge in [0.25, 0.3) is 0 Å². The highest BCUT2D eigenvalue weighted by atomic mass is 16.2. The van der Waals surface area contributed by atoms with E-state index in [0.29, 0.717) is 55.4 Å². The lowest BCUT2D eigenvalue weighted by molar-refractivity contribution is -0.143. The van der Waals surface area contributed by atoms with Crippen molar-refractivity contribution in [3.05, 3.63) is 71.8 Å². The van der Waals surface area contributed by atoms with E-state index in [0.717, 1.165) is 38.6 Å². The summed E-state index contributed by atoms with van der Waals surface area (Å²) in [5.74, 6) is 2.43. The molecule has 0 bridgehead atoms. The Bertz CT molecular complexity index is 1150. The first-order chi connectivity index (χ1) is 17.9. The van der Waals surface area contributed by atoms with Crippen LogP contribution in [-0.4, -0.2) is 28.8 Å². The Morgan fingerprint density at radius 1 is 0.892 bits per heavy atom. The van der Waals surface area contributed by atoms with Crippen LogP contribution in [0.3, 0.4) is 0 Å². The second kappa shape index (κ2) is 9.53. The van der Waals surface area contributed by atoms with Gasteiger partial charge in [-0.2, -0.15) is 0 Å². The predicted octanol–water partition coefficient (Wildman–Crippen LogP) is 6.49. The van der Waals surface area contributed by atoms with Crippen LogP contribution in [0.5, 0.6) is 0 Å². The van der Waals surface area contributed by atoms with Crippen molar-refractivity contribution < 1.29 is 9.59 Å². The van der Waals surface area contributed by atoms with Crippen molar-refractivity contribution in [2.45, 2.75) is 71.9 Å². The monoisotopic (exact) mass is 496 g/mol. The summed E-state index contributed by atoms with van der Waals surface area (Å²) in [5.41, 5.74) is 3.65. The van der Waals surface area contributed by atoms with E-state index in [4.69, 9.17) is 4.99 Å². The molecule has 0 N–H and O–H groups in total. The van der Waals surface area contributed by atoms with Crippen LogP contribution in [0, 0.1) is 34.5 Å². The lowest BCUT2D eigenvalue weighted by atomic mass is 9.49. The van der Waals surface area contributed by atoms with Crippen molar-refractivity contribution >= 4 is 17.4 Å². The fourth-order valence-corrected chi connectivity index (χ4v) is 8.65. The number of carbonyl (C=O) groups excluding carboxylic acids is 2. The molecular weight excluding hydrogens is 456 g/mol. The van der Waals surface area contributed by atoms with E-state index in [-0.39, 0.29) is 16.7 Å². The number of ketones is 1. The second-order valence-corrected chi connectivity index (χ2v) is 12.6. The van der Waals surface area contributed by atoms with Crippen molar-refractivity contribution in [2.75, 3.05) is 6.54 Å². The van der Waals surface area contributed by atoms with E-state index >= 15 is 0 Å². The molecule has 0 spiro atoms. The molecule has 0 radical (unpaired) electrons. The van der Waals surface area contributed by atoms with Crippen LogP contribution in [0.4, 0.5) is 0 Å². The van der Waals surface area contributed by atoms with Gasteiger partial charge in [0.1, 0.15) is 5.78 Å². The van der Waals surface area contributed by atoms with Crippen molar-refractivity contribution in [2.24, 2.45) is 39.5 Å². The Balaban J connectivity index is 1.26. The molecule has 6 rings (SSSR count). The van der Waals surface area contributed by atoms with E-state index < -0.39 is 0 Å². The van der Waals surface area contributed by atoms with Crippen molar-refractivity contribution in [3.63, 3.8) is 0 Å². The average molecular weight is 497 g/mol. The van der Waals surface area contributed by atoms with Crippen molar-refractivity contribution in [1.29, 1.82) is 0 Å². The van der Waals surface area contributed by atoms with Crippen LogP contribution in [-0.2, 0) is 22.7 Å². The van der Waals surface area contributed by atoms with Crippen LogP contribution >= 0.6 is 0 Å². The maximum Gasteiger partial charge on any atom is 0.226 e. The van der Waals surface area contributed by atoms with Gasteiger partial charge < -0.3 is 4.90 Å². The minimum atomic E-state index is 0.0255. The molecule has 0 aromatic heterocycles. The van der Waals surface area contributed by atoms with Crippen molar-refractivity contribution in [1.82, 2.24) is 4.90 Å². The van der Waals surface area contributed by atoms with Crippen molar-refractivity contribution in [3.8, 4) is 0 Å². The number of fused-ring (bicyclic) bond motifs is 5. The third-order valence-corrected chi connectivity index (χ3v) is 10.7. The zero-order chi connectivity index (χ0) is 25.6. The second-order valence-electron chi connectivity index (χ2n) is 12.6. The molecule has 0 saturated heterocycles. The highest BCUT2D eigenvalue weighted by molar-refractivity contribution is 6.07. The summed E-state index contributed by atoms with van der Waals surface area (Å²) in [6.07, 6.45) is 6.60. The van der Waals surface area contributed by atoms with Gasteiger partial charge in [0.05, 0.1) is 0 Å². The number of Topliss-reactive ketones (excluding diaryl/α,β-unsaturated/α-hetero) is 1. The smallest absolute Gasteiger partial charge is 0.226 e. The number of amides is 1. The Kier molecular flexibility index (Phi) is 6.33. The summed E-state index contributed by atoms with van der Waals surface area (Å²) in [7, 11) is 0. The lowest BCUT2D eigenvalue weighted by Crippen LogP contribution is -2.55. The van der Waals surface area contributed by atoms with Crippen LogP contribution < -0.4 is 0 Å². The van der Waals surface area contributed by atoms with E-state index in [9.17, 15) is 9.59 Å².